The lowest BCUT2D eigenvalue weighted by atomic mass is 10.0. The third-order valence-corrected chi connectivity index (χ3v) is 6.27. The van der Waals surface area contributed by atoms with Gasteiger partial charge in [0, 0.05) is 45.0 Å². The second kappa shape index (κ2) is 8.97. The molecule has 2 aliphatic heterocycles. The van der Waals surface area contributed by atoms with Gasteiger partial charge in [0.15, 0.2) is 0 Å². The van der Waals surface area contributed by atoms with Gasteiger partial charge in [0.1, 0.15) is 6.04 Å². The number of amides is 1. The van der Waals surface area contributed by atoms with Crippen LogP contribution in [0.3, 0.4) is 0 Å². The van der Waals surface area contributed by atoms with Gasteiger partial charge in [0.2, 0.25) is 5.91 Å². The average molecular weight is 394 g/mol. The maximum absolute atomic E-state index is 13.5. The highest BCUT2D eigenvalue weighted by molar-refractivity contribution is 5.83. The number of carbonyl (C=O) groups is 1. The minimum atomic E-state index is -0.213. The largest absolute Gasteiger partial charge is 0.378 e. The zero-order valence-electron chi connectivity index (χ0n) is 17.5. The normalized spacial score (nSPS) is 19.2. The summed E-state index contributed by atoms with van der Waals surface area (Å²) < 4.78 is 5.45. The fourth-order valence-corrected chi connectivity index (χ4v) is 4.40. The van der Waals surface area contributed by atoms with Crippen molar-refractivity contribution >= 4 is 11.6 Å². The van der Waals surface area contributed by atoms with Crippen molar-refractivity contribution < 1.29 is 9.53 Å². The molecule has 2 saturated heterocycles. The molecule has 0 bridgehead atoms. The summed E-state index contributed by atoms with van der Waals surface area (Å²) in [5.41, 5.74) is 5.09. The highest BCUT2D eigenvalue weighted by atomic mass is 16.5. The highest BCUT2D eigenvalue weighted by Gasteiger charge is 2.34. The molecule has 2 aromatic rings. The molecular weight excluding hydrogens is 362 g/mol. The summed E-state index contributed by atoms with van der Waals surface area (Å²) in [6.07, 6.45) is 0. The number of piperazine rings is 1. The van der Waals surface area contributed by atoms with Gasteiger partial charge in [0.05, 0.1) is 13.2 Å². The summed E-state index contributed by atoms with van der Waals surface area (Å²) in [6, 6.07) is 16.5. The molecule has 5 heteroatoms. The molecule has 0 unspecified atom stereocenters. The van der Waals surface area contributed by atoms with E-state index in [1.807, 2.05) is 23.1 Å². The number of nitrogens with zero attached hydrogens (tertiary/aromatic N) is 3. The lowest BCUT2D eigenvalue weighted by Gasteiger charge is -2.42. The second-order valence-electron chi connectivity index (χ2n) is 7.99. The van der Waals surface area contributed by atoms with Crippen molar-refractivity contribution in [3.63, 3.8) is 0 Å². The molecule has 0 N–H and O–H groups in total. The molecule has 0 radical (unpaired) electrons. The summed E-state index contributed by atoms with van der Waals surface area (Å²) in [6.45, 7) is 10.6. The Morgan fingerprint density at radius 3 is 2.24 bits per heavy atom. The Labute approximate surface area is 173 Å². The molecule has 2 aromatic carbocycles. The van der Waals surface area contributed by atoms with Crippen molar-refractivity contribution in [2.24, 2.45) is 0 Å². The predicted octanol–water partition coefficient (Wildman–Crippen LogP) is 3.03. The number of aryl methyl sites for hydroxylation is 1. The maximum Gasteiger partial charge on any atom is 0.244 e. The number of carbonyl (C=O) groups excluding carboxylic acids is 1. The van der Waals surface area contributed by atoms with Crippen LogP contribution in [0.1, 0.15) is 22.7 Å². The van der Waals surface area contributed by atoms with E-state index in [-0.39, 0.29) is 11.9 Å². The molecule has 2 aliphatic rings. The fraction of sp³-hybridized carbons (Fsp3) is 0.458. The SMILES string of the molecule is Cc1cccc(N2CCN([C@H](C(=O)N3CCOCC3)c3ccccc3)CC2)c1C. The monoisotopic (exact) mass is 393 g/mol. The number of anilines is 1. The fourth-order valence-electron chi connectivity index (χ4n) is 4.40. The van der Waals surface area contributed by atoms with Gasteiger partial charge in [-0.05, 0) is 36.6 Å². The summed E-state index contributed by atoms with van der Waals surface area (Å²) in [7, 11) is 0. The highest BCUT2D eigenvalue weighted by Crippen LogP contribution is 2.28. The van der Waals surface area contributed by atoms with Crippen LogP contribution in [-0.4, -0.2) is 68.2 Å². The van der Waals surface area contributed by atoms with Crippen LogP contribution in [-0.2, 0) is 9.53 Å². The quantitative estimate of drug-likeness (QED) is 0.800. The third-order valence-electron chi connectivity index (χ3n) is 6.27. The number of hydrogen-bond donors (Lipinski definition) is 0. The van der Waals surface area contributed by atoms with Gasteiger partial charge in [0.25, 0.3) is 0 Å². The van der Waals surface area contributed by atoms with Crippen LogP contribution in [0.4, 0.5) is 5.69 Å². The van der Waals surface area contributed by atoms with Crippen molar-refractivity contribution in [1.82, 2.24) is 9.80 Å². The van der Waals surface area contributed by atoms with E-state index in [1.165, 1.54) is 16.8 Å². The van der Waals surface area contributed by atoms with E-state index in [4.69, 9.17) is 4.74 Å². The average Bonchev–Trinajstić information content (AvgIpc) is 2.78. The maximum atomic E-state index is 13.5. The molecule has 1 amide bonds. The molecule has 0 spiro atoms. The third kappa shape index (κ3) is 4.31. The minimum Gasteiger partial charge on any atom is -0.378 e. The topological polar surface area (TPSA) is 36.0 Å². The van der Waals surface area contributed by atoms with Crippen molar-refractivity contribution in [2.45, 2.75) is 19.9 Å². The van der Waals surface area contributed by atoms with Crippen LogP contribution < -0.4 is 4.90 Å². The molecule has 4 rings (SSSR count). The van der Waals surface area contributed by atoms with E-state index in [2.05, 4.69) is 54.0 Å². The first kappa shape index (κ1) is 19.9. The number of morpholine rings is 1. The lowest BCUT2D eigenvalue weighted by molar-refractivity contribution is -0.141. The lowest BCUT2D eigenvalue weighted by Crippen LogP contribution is -2.53. The number of benzene rings is 2. The minimum absolute atomic E-state index is 0.208. The Balaban J connectivity index is 1.52. The van der Waals surface area contributed by atoms with E-state index in [9.17, 15) is 4.79 Å². The van der Waals surface area contributed by atoms with Crippen molar-refractivity contribution in [3.8, 4) is 0 Å². The number of ether oxygens (including phenoxy) is 1. The zero-order valence-corrected chi connectivity index (χ0v) is 17.5. The van der Waals surface area contributed by atoms with Gasteiger partial charge < -0.3 is 14.5 Å². The van der Waals surface area contributed by atoms with Crippen molar-refractivity contribution in [3.05, 3.63) is 65.2 Å². The Morgan fingerprint density at radius 1 is 0.862 bits per heavy atom. The van der Waals surface area contributed by atoms with Crippen LogP contribution in [0.2, 0.25) is 0 Å². The summed E-state index contributed by atoms with van der Waals surface area (Å²) >= 11 is 0. The Hall–Kier alpha value is -2.37. The van der Waals surface area contributed by atoms with Crippen LogP contribution in [0.5, 0.6) is 0 Å². The van der Waals surface area contributed by atoms with E-state index in [0.717, 1.165) is 31.7 Å². The molecule has 2 heterocycles. The summed E-state index contributed by atoms with van der Waals surface area (Å²) in [5, 5.41) is 0. The molecule has 0 saturated carbocycles. The predicted molar refractivity (Wildman–Crippen MR) is 116 cm³/mol. The van der Waals surface area contributed by atoms with Gasteiger partial charge in [-0.15, -0.1) is 0 Å². The zero-order chi connectivity index (χ0) is 20.2. The molecule has 154 valence electrons. The molecule has 1 atom stereocenters. The number of hydrogen-bond acceptors (Lipinski definition) is 4. The number of rotatable bonds is 4. The summed E-state index contributed by atoms with van der Waals surface area (Å²) in [5.74, 6) is 0.208. The Morgan fingerprint density at radius 2 is 1.55 bits per heavy atom. The smallest absolute Gasteiger partial charge is 0.244 e. The van der Waals surface area contributed by atoms with E-state index in [0.29, 0.717) is 26.3 Å². The first-order valence-corrected chi connectivity index (χ1v) is 10.6. The molecule has 0 aliphatic carbocycles. The van der Waals surface area contributed by atoms with Gasteiger partial charge >= 0.3 is 0 Å². The van der Waals surface area contributed by atoms with Gasteiger partial charge in [-0.2, -0.15) is 0 Å². The summed E-state index contributed by atoms with van der Waals surface area (Å²) in [4.78, 5) is 20.2. The van der Waals surface area contributed by atoms with Crippen LogP contribution in [0.25, 0.3) is 0 Å². The van der Waals surface area contributed by atoms with Crippen LogP contribution in [0.15, 0.2) is 48.5 Å². The standard InChI is InChI=1S/C24H31N3O2/c1-19-7-6-10-22(20(19)2)25-11-13-26(14-12-25)23(21-8-4-3-5-9-21)24(28)27-15-17-29-18-16-27/h3-10,23H,11-18H2,1-2H3/t23-/m0/s1. The van der Waals surface area contributed by atoms with Crippen molar-refractivity contribution in [1.29, 1.82) is 0 Å². The first-order chi connectivity index (χ1) is 14.1. The van der Waals surface area contributed by atoms with Crippen molar-refractivity contribution in [2.75, 3.05) is 57.4 Å². The van der Waals surface area contributed by atoms with Crippen LogP contribution in [0, 0.1) is 13.8 Å². The Bertz CT molecular complexity index is 825. The second-order valence-corrected chi connectivity index (χ2v) is 7.99. The van der Waals surface area contributed by atoms with E-state index < -0.39 is 0 Å². The van der Waals surface area contributed by atoms with E-state index >= 15 is 0 Å². The molecular formula is C24H31N3O2. The van der Waals surface area contributed by atoms with Gasteiger partial charge in [-0.25, -0.2) is 0 Å². The van der Waals surface area contributed by atoms with Gasteiger partial charge in [-0.1, -0.05) is 42.5 Å². The van der Waals surface area contributed by atoms with E-state index in [1.54, 1.807) is 0 Å². The molecule has 2 fully saturated rings. The molecule has 29 heavy (non-hydrogen) atoms. The molecule has 5 nitrogen and oxygen atoms in total. The van der Waals surface area contributed by atoms with Gasteiger partial charge in [-0.3, -0.25) is 9.69 Å². The Kier molecular flexibility index (Phi) is 6.16. The van der Waals surface area contributed by atoms with Crippen LogP contribution >= 0.6 is 0 Å². The molecule has 0 aromatic heterocycles. The first-order valence-electron chi connectivity index (χ1n) is 10.6.